The van der Waals surface area contributed by atoms with Gasteiger partial charge in [0.2, 0.25) is 11.8 Å². The lowest BCUT2D eigenvalue weighted by molar-refractivity contribution is -0.127. The molecule has 1 saturated carbocycles. The summed E-state index contributed by atoms with van der Waals surface area (Å²) in [5.74, 6) is 0.171. The van der Waals surface area contributed by atoms with Crippen LogP contribution in [0.15, 0.2) is 42.5 Å². The Kier molecular flexibility index (Phi) is 4.17. The molecule has 0 radical (unpaired) electrons. The van der Waals surface area contributed by atoms with E-state index in [2.05, 4.69) is 5.32 Å². The number of nitrogens with two attached hydrogens (primary N) is 1. The van der Waals surface area contributed by atoms with Gasteiger partial charge in [0.25, 0.3) is 0 Å². The van der Waals surface area contributed by atoms with E-state index in [0.717, 1.165) is 29.3 Å². The van der Waals surface area contributed by atoms with Crippen molar-refractivity contribution in [1.82, 2.24) is 5.32 Å². The number of amides is 2. The molecule has 1 aliphatic carbocycles. The minimum Gasteiger partial charge on any atom is -0.352 e. The molecule has 4 rings (SSSR count). The molecule has 5 nitrogen and oxygen atoms in total. The number of hydrogen-bond donors (Lipinski definition) is 2. The van der Waals surface area contributed by atoms with E-state index in [1.165, 1.54) is 0 Å². The maximum absolute atomic E-state index is 12.6. The summed E-state index contributed by atoms with van der Waals surface area (Å²) in [4.78, 5) is 26.9. The molecule has 2 fully saturated rings. The highest BCUT2D eigenvalue weighted by atomic mass is 16.2. The first-order valence-corrected chi connectivity index (χ1v) is 8.96. The van der Waals surface area contributed by atoms with Gasteiger partial charge in [-0.3, -0.25) is 9.59 Å². The Hall–Kier alpha value is -2.40. The maximum Gasteiger partial charge on any atom is 0.227 e. The van der Waals surface area contributed by atoms with E-state index in [-0.39, 0.29) is 30.2 Å². The molecule has 1 saturated heterocycles. The number of carbonyl (C=O) groups excluding carboxylic acids is 2. The van der Waals surface area contributed by atoms with Gasteiger partial charge in [0.1, 0.15) is 0 Å². The molecule has 2 aromatic rings. The molecule has 0 bridgehead atoms. The van der Waals surface area contributed by atoms with Crippen LogP contribution in [0.1, 0.15) is 19.3 Å². The molecular formula is C20H23N3O2. The lowest BCUT2D eigenvalue weighted by Gasteiger charge is -2.20. The van der Waals surface area contributed by atoms with Crippen LogP contribution in [0.2, 0.25) is 0 Å². The van der Waals surface area contributed by atoms with Gasteiger partial charge < -0.3 is 16.0 Å². The zero-order valence-corrected chi connectivity index (χ0v) is 14.2. The first-order chi connectivity index (χ1) is 12.2. The Morgan fingerprint density at radius 1 is 1.20 bits per heavy atom. The molecule has 0 spiro atoms. The molecule has 25 heavy (non-hydrogen) atoms. The van der Waals surface area contributed by atoms with Gasteiger partial charge >= 0.3 is 0 Å². The van der Waals surface area contributed by atoms with Gasteiger partial charge in [-0.25, -0.2) is 0 Å². The number of hydrogen-bond acceptors (Lipinski definition) is 3. The third-order valence-electron chi connectivity index (χ3n) is 5.33. The Morgan fingerprint density at radius 2 is 1.96 bits per heavy atom. The third-order valence-corrected chi connectivity index (χ3v) is 5.33. The number of benzene rings is 2. The number of rotatable bonds is 5. The van der Waals surface area contributed by atoms with Gasteiger partial charge in [0.05, 0.1) is 11.6 Å². The Labute approximate surface area is 147 Å². The van der Waals surface area contributed by atoms with Crippen LogP contribution in [0, 0.1) is 11.8 Å². The average Bonchev–Trinajstić information content (AvgIpc) is 3.41. The predicted molar refractivity (Wildman–Crippen MR) is 98.1 cm³/mol. The highest BCUT2D eigenvalue weighted by Crippen LogP contribution is 2.34. The minimum absolute atomic E-state index is 0.00669. The van der Waals surface area contributed by atoms with Gasteiger partial charge in [-0.1, -0.05) is 36.4 Å². The Balaban J connectivity index is 1.52. The third kappa shape index (κ3) is 3.12. The monoisotopic (exact) mass is 337 g/mol. The molecule has 5 heteroatoms. The van der Waals surface area contributed by atoms with Crippen LogP contribution in [-0.4, -0.2) is 30.9 Å². The summed E-state index contributed by atoms with van der Waals surface area (Å²) in [5.41, 5.74) is 6.66. The van der Waals surface area contributed by atoms with Gasteiger partial charge in [-0.05, 0) is 30.2 Å². The van der Waals surface area contributed by atoms with Crippen LogP contribution in [0.4, 0.5) is 5.69 Å². The predicted octanol–water partition coefficient (Wildman–Crippen LogP) is 2.05. The first-order valence-electron chi connectivity index (χ1n) is 8.96. The van der Waals surface area contributed by atoms with E-state index in [0.29, 0.717) is 19.0 Å². The molecule has 3 N–H and O–H groups in total. The van der Waals surface area contributed by atoms with E-state index in [1.807, 2.05) is 42.5 Å². The molecule has 2 aliphatic rings. The van der Waals surface area contributed by atoms with Gasteiger partial charge in [-0.15, -0.1) is 0 Å². The van der Waals surface area contributed by atoms with E-state index >= 15 is 0 Å². The Bertz CT molecular complexity index is 810. The summed E-state index contributed by atoms with van der Waals surface area (Å²) in [6.45, 7) is 0.894. The molecule has 130 valence electrons. The average molecular weight is 337 g/mol. The zero-order valence-electron chi connectivity index (χ0n) is 14.2. The minimum atomic E-state index is -0.306. The molecule has 1 aliphatic heterocycles. The number of nitrogens with one attached hydrogen (secondary N) is 1. The lowest BCUT2D eigenvalue weighted by Crippen LogP contribution is -2.45. The summed E-state index contributed by atoms with van der Waals surface area (Å²) in [6.07, 6.45) is 2.53. The zero-order chi connectivity index (χ0) is 17.4. The van der Waals surface area contributed by atoms with Crippen molar-refractivity contribution in [3.8, 4) is 0 Å². The van der Waals surface area contributed by atoms with Crippen molar-refractivity contribution in [3.63, 3.8) is 0 Å². The molecule has 2 aromatic carbocycles. The van der Waals surface area contributed by atoms with Crippen molar-refractivity contribution >= 4 is 28.3 Å². The highest BCUT2D eigenvalue weighted by molar-refractivity contribution is 6.07. The van der Waals surface area contributed by atoms with Crippen molar-refractivity contribution in [3.05, 3.63) is 42.5 Å². The summed E-state index contributed by atoms with van der Waals surface area (Å²) < 4.78 is 0. The second-order valence-corrected chi connectivity index (χ2v) is 7.09. The van der Waals surface area contributed by atoms with Crippen molar-refractivity contribution in [2.75, 3.05) is 18.0 Å². The normalized spacial score (nSPS) is 21.6. The topological polar surface area (TPSA) is 75.4 Å². The van der Waals surface area contributed by atoms with E-state index < -0.39 is 0 Å². The summed E-state index contributed by atoms with van der Waals surface area (Å²) >= 11 is 0. The number of nitrogens with zero attached hydrogens (tertiary/aromatic N) is 1. The highest BCUT2D eigenvalue weighted by Gasteiger charge is 2.38. The van der Waals surface area contributed by atoms with Crippen LogP contribution in [0.5, 0.6) is 0 Å². The number of carbonyl (C=O) groups is 2. The summed E-state index contributed by atoms with van der Waals surface area (Å²) in [7, 11) is 0. The van der Waals surface area contributed by atoms with E-state index in [4.69, 9.17) is 5.73 Å². The van der Waals surface area contributed by atoms with Crippen molar-refractivity contribution in [2.24, 2.45) is 17.6 Å². The standard InChI is InChI=1S/C20H23N3O2/c21-11-17(14-8-9-14)22-20(25)15-10-19(24)23(12-15)18-7-3-5-13-4-1-2-6-16(13)18/h1-7,14-15,17H,8-12,21H2,(H,22,25). The molecule has 2 atom stereocenters. The van der Waals surface area contributed by atoms with Gasteiger partial charge in [0.15, 0.2) is 0 Å². The van der Waals surface area contributed by atoms with Crippen LogP contribution >= 0.6 is 0 Å². The number of anilines is 1. The number of fused-ring (bicyclic) bond motifs is 1. The fourth-order valence-electron chi connectivity index (χ4n) is 3.73. The second kappa shape index (κ2) is 6.48. The largest absolute Gasteiger partial charge is 0.352 e. The smallest absolute Gasteiger partial charge is 0.227 e. The molecule has 0 aromatic heterocycles. The fourth-order valence-corrected chi connectivity index (χ4v) is 3.73. The van der Waals surface area contributed by atoms with E-state index in [9.17, 15) is 9.59 Å². The Morgan fingerprint density at radius 3 is 2.72 bits per heavy atom. The van der Waals surface area contributed by atoms with E-state index in [1.54, 1.807) is 4.90 Å². The summed E-state index contributed by atoms with van der Waals surface area (Å²) in [5, 5.41) is 5.19. The molecule has 2 unspecified atom stereocenters. The first kappa shape index (κ1) is 16.1. The van der Waals surface area contributed by atoms with Crippen LogP contribution < -0.4 is 16.0 Å². The van der Waals surface area contributed by atoms with Crippen molar-refractivity contribution in [2.45, 2.75) is 25.3 Å². The molecule has 2 amide bonds. The van der Waals surface area contributed by atoms with Gasteiger partial charge in [0, 0.05) is 30.9 Å². The van der Waals surface area contributed by atoms with Crippen molar-refractivity contribution in [1.29, 1.82) is 0 Å². The van der Waals surface area contributed by atoms with Gasteiger partial charge in [-0.2, -0.15) is 0 Å². The fraction of sp³-hybridized carbons (Fsp3) is 0.400. The lowest BCUT2D eigenvalue weighted by atomic mass is 10.1. The van der Waals surface area contributed by atoms with Crippen molar-refractivity contribution < 1.29 is 9.59 Å². The SMILES string of the molecule is NCC(NC(=O)C1CC(=O)N(c2cccc3ccccc23)C1)C1CC1. The molecule has 1 heterocycles. The molecular weight excluding hydrogens is 314 g/mol. The second-order valence-electron chi connectivity index (χ2n) is 7.09. The van der Waals surface area contributed by atoms with Crippen LogP contribution in [-0.2, 0) is 9.59 Å². The van der Waals surface area contributed by atoms with Crippen LogP contribution in [0.3, 0.4) is 0 Å². The quantitative estimate of drug-likeness (QED) is 0.877. The van der Waals surface area contributed by atoms with Crippen LogP contribution in [0.25, 0.3) is 10.8 Å². The summed E-state index contributed by atoms with van der Waals surface area (Å²) in [6, 6.07) is 14.0. The maximum atomic E-state index is 12.6.